The largest absolute Gasteiger partial charge is 0.368 e. The van der Waals surface area contributed by atoms with E-state index in [1.165, 1.54) is 26.2 Å². The molecule has 1 heterocycles. The van der Waals surface area contributed by atoms with Crippen LogP contribution in [0.5, 0.6) is 0 Å². The van der Waals surface area contributed by atoms with Gasteiger partial charge in [0.2, 0.25) is 5.91 Å². The van der Waals surface area contributed by atoms with Gasteiger partial charge in [-0.15, -0.1) is 0 Å². The van der Waals surface area contributed by atoms with Crippen molar-refractivity contribution in [3.05, 3.63) is 18.0 Å². The van der Waals surface area contributed by atoms with Crippen molar-refractivity contribution in [3.63, 3.8) is 0 Å². The van der Waals surface area contributed by atoms with Gasteiger partial charge in [0.15, 0.2) is 0 Å². The van der Waals surface area contributed by atoms with Gasteiger partial charge < -0.3 is 11.1 Å². The van der Waals surface area contributed by atoms with Gasteiger partial charge >= 0.3 is 0 Å². The van der Waals surface area contributed by atoms with Gasteiger partial charge in [-0.3, -0.25) is 14.7 Å². The lowest BCUT2D eigenvalue weighted by molar-refractivity contribution is -0.122. The van der Waals surface area contributed by atoms with E-state index in [0.717, 1.165) is 0 Å². The molecular formula is C8H12N4O2. The molecule has 2 amide bonds. The van der Waals surface area contributed by atoms with E-state index in [2.05, 4.69) is 15.5 Å². The van der Waals surface area contributed by atoms with Gasteiger partial charge in [0.05, 0.1) is 11.8 Å². The normalized spacial score (nSPS) is 11.0. The van der Waals surface area contributed by atoms with E-state index in [0.29, 0.717) is 5.56 Å². The highest BCUT2D eigenvalue weighted by atomic mass is 16.2. The third-order valence-electron chi connectivity index (χ3n) is 1.80. The number of H-pyrrole nitrogens is 1. The van der Waals surface area contributed by atoms with Gasteiger partial charge in [-0.05, 0) is 13.8 Å². The van der Waals surface area contributed by atoms with Crippen LogP contribution in [0.4, 0.5) is 0 Å². The first-order chi connectivity index (χ1) is 6.43. The fourth-order valence-corrected chi connectivity index (χ4v) is 0.793. The van der Waals surface area contributed by atoms with E-state index in [1.807, 2.05) is 0 Å². The Hall–Kier alpha value is -1.85. The van der Waals surface area contributed by atoms with Crippen LogP contribution in [0.1, 0.15) is 24.2 Å². The zero-order chi connectivity index (χ0) is 10.8. The summed E-state index contributed by atoms with van der Waals surface area (Å²) in [6, 6.07) is 0. The Bertz CT molecular complexity index is 342. The maximum Gasteiger partial charge on any atom is 0.255 e. The van der Waals surface area contributed by atoms with Crippen LogP contribution < -0.4 is 11.1 Å². The van der Waals surface area contributed by atoms with Crippen molar-refractivity contribution in [2.75, 3.05) is 0 Å². The van der Waals surface area contributed by atoms with Crippen LogP contribution in [0, 0.1) is 0 Å². The number of primary amides is 1. The van der Waals surface area contributed by atoms with E-state index in [1.54, 1.807) is 0 Å². The second kappa shape index (κ2) is 3.49. The Morgan fingerprint density at radius 3 is 2.64 bits per heavy atom. The third-order valence-corrected chi connectivity index (χ3v) is 1.80. The minimum atomic E-state index is -1.06. The van der Waals surface area contributed by atoms with E-state index in [-0.39, 0.29) is 5.91 Å². The summed E-state index contributed by atoms with van der Waals surface area (Å²) in [6.45, 7) is 3.07. The average molecular weight is 196 g/mol. The van der Waals surface area contributed by atoms with Gasteiger partial charge in [0.25, 0.3) is 5.91 Å². The second-order valence-electron chi connectivity index (χ2n) is 3.43. The first-order valence-corrected chi connectivity index (χ1v) is 4.04. The molecule has 1 rings (SSSR count). The van der Waals surface area contributed by atoms with Crippen molar-refractivity contribution in [2.24, 2.45) is 5.73 Å². The molecule has 0 bridgehead atoms. The quantitative estimate of drug-likeness (QED) is 0.601. The summed E-state index contributed by atoms with van der Waals surface area (Å²) in [5.41, 5.74) is 4.39. The summed E-state index contributed by atoms with van der Waals surface area (Å²) in [5.74, 6) is -0.975. The van der Waals surface area contributed by atoms with Crippen LogP contribution in [0.15, 0.2) is 12.4 Å². The maximum atomic E-state index is 11.4. The molecule has 1 aromatic heterocycles. The summed E-state index contributed by atoms with van der Waals surface area (Å²) >= 11 is 0. The molecule has 14 heavy (non-hydrogen) atoms. The smallest absolute Gasteiger partial charge is 0.255 e. The molecule has 1 aromatic rings. The molecule has 0 atom stereocenters. The first kappa shape index (κ1) is 10.2. The lowest BCUT2D eigenvalue weighted by Crippen LogP contribution is -2.52. The molecule has 0 spiro atoms. The standard InChI is InChI=1S/C8H12N4O2/c1-8(2,7(9)14)12-6(13)5-3-10-11-4-5/h3-4H,1-2H3,(H2,9,14)(H,10,11)(H,12,13). The van der Waals surface area contributed by atoms with E-state index < -0.39 is 11.4 Å². The number of rotatable bonds is 3. The van der Waals surface area contributed by atoms with Crippen molar-refractivity contribution in [3.8, 4) is 0 Å². The molecule has 0 aromatic carbocycles. The predicted octanol–water partition coefficient (Wildman–Crippen LogP) is -0.597. The number of nitrogens with two attached hydrogens (primary N) is 1. The lowest BCUT2D eigenvalue weighted by Gasteiger charge is -2.21. The highest BCUT2D eigenvalue weighted by Crippen LogP contribution is 2.03. The zero-order valence-electron chi connectivity index (χ0n) is 8.00. The van der Waals surface area contributed by atoms with E-state index in [9.17, 15) is 9.59 Å². The molecule has 0 unspecified atom stereocenters. The van der Waals surface area contributed by atoms with Gasteiger partial charge in [-0.1, -0.05) is 0 Å². The van der Waals surface area contributed by atoms with Crippen LogP contribution >= 0.6 is 0 Å². The number of carbonyl (C=O) groups is 2. The predicted molar refractivity (Wildman–Crippen MR) is 49.3 cm³/mol. The van der Waals surface area contributed by atoms with Crippen LogP contribution in [-0.4, -0.2) is 27.6 Å². The minimum absolute atomic E-state index is 0.360. The Morgan fingerprint density at radius 2 is 2.21 bits per heavy atom. The summed E-state index contributed by atoms with van der Waals surface area (Å²) in [5, 5.41) is 8.60. The fourth-order valence-electron chi connectivity index (χ4n) is 0.793. The topological polar surface area (TPSA) is 101 Å². The Balaban J connectivity index is 2.71. The van der Waals surface area contributed by atoms with Crippen molar-refractivity contribution in [2.45, 2.75) is 19.4 Å². The number of carbonyl (C=O) groups excluding carboxylic acids is 2. The molecule has 0 fully saturated rings. The zero-order valence-corrected chi connectivity index (χ0v) is 8.00. The molecule has 0 aliphatic carbocycles. The van der Waals surface area contributed by atoms with Crippen LogP contribution in [0.3, 0.4) is 0 Å². The summed E-state index contributed by atoms with van der Waals surface area (Å²) < 4.78 is 0. The van der Waals surface area contributed by atoms with Gasteiger partial charge in [0.1, 0.15) is 5.54 Å². The Morgan fingerprint density at radius 1 is 1.57 bits per heavy atom. The highest BCUT2D eigenvalue weighted by molar-refractivity contribution is 5.98. The minimum Gasteiger partial charge on any atom is -0.368 e. The molecule has 6 nitrogen and oxygen atoms in total. The summed E-state index contributed by atoms with van der Waals surface area (Å²) in [4.78, 5) is 22.4. The van der Waals surface area contributed by atoms with Crippen molar-refractivity contribution in [1.29, 1.82) is 0 Å². The summed E-state index contributed by atoms with van der Waals surface area (Å²) in [6.07, 6.45) is 2.80. The molecule has 6 heteroatoms. The van der Waals surface area contributed by atoms with Crippen LogP contribution in [0.25, 0.3) is 0 Å². The van der Waals surface area contributed by atoms with Crippen molar-refractivity contribution < 1.29 is 9.59 Å². The third kappa shape index (κ3) is 2.09. The monoisotopic (exact) mass is 196 g/mol. The van der Waals surface area contributed by atoms with E-state index in [4.69, 9.17) is 5.73 Å². The number of hydrogen-bond donors (Lipinski definition) is 3. The van der Waals surface area contributed by atoms with Crippen LogP contribution in [-0.2, 0) is 4.79 Å². The number of aromatic nitrogens is 2. The number of nitrogens with zero attached hydrogens (tertiary/aromatic N) is 1. The molecule has 4 N–H and O–H groups in total. The van der Waals surface area contributed by atoms with Crippen LogP contribution in [0.2, 0.25) is 0 Å². The lowest BCUT2D eigenvalue weighted by atomic mass is 10.0. The fraction of sp³-hybridized carbons (Fsp3) is 0.375. The Labute approximate surface area is 80.9 Å². The van der Waals surface area contributed by atoms with Gasteiger partial charge in [-0.2, -0.15) is 5.10 Å². The van der Waals surface area contributed by atoms with Crippen molar-refractivity contribution >= 4 is 11.8 Å². The Kier molecular flexibility index (Phi) is 2.55. The van der Waals surface area contributed by atoms with Crippen molar-refractivity contribution in [1.82, 2.24) is 15.5 Å². The average Bonchev–Trinajstić information content (AvgIpc) is 2.54. The summed E-state index contributed by atoms with van der Waals surface area (Å²) in [7, 11) is 0. The van der Waals surface area contributed by atoms with E-state index >= 15 is 0 Å². The van der Waals surface area contributed by atoms with Gasteiger partial charge in [0, 0.05) is 6.20 Å². The molecule has 0 saturated carbocycles. The number of amides is 2. The molecule has 0 aliphatic rings. The maximum absolute atomic E-state index is 11.4. The number of aromatic amines is 1. The number of nitrogens with one attached hydrogen (secondary N) is 2. The second-order valence-corrected chi connectivity index (χ2v) is 3.43. The first-order valence-electron chi connectivity index (χ1n) is 4.04. The SMILES string of the molecule is CC(C)(NC(=O)c1cn[nH]c1)C(N)=O. The molecule has 76 valence electrons. The highest BCUT2D eigenvalue weighted by Gasteiger charge is 2.27. The number of hydrogen-bond acceptors (Lipinski definition) is 3. The molecule has 0 saturated heterocycles. The molecular weight excluding hydrogens is 184 g/mol. The molecule has 0 aliphatic heterocycles. The molecule has 0 radical (unpaired) electrons. The van der Waals surface area contributed by atoms with Gasteiger partial charge in [-0.25, -0.2) is 0 Å².